The Bertz CT molecular complexity index is 323. The third-order valence-electron chi connectivity index (χ3n) is 3.09. The summed E-state index contributed by atoms with van der Waals surface area (Å²) >= 11 is 0. The van der Waals surface area contributed by atoms with Crippen molar-refractivity contribution in [3.8, 4) is 5.75 Å². The predicted octanol–water partition coefficient (Wildman–Crippen LogP) is 6.56. The molecule has 0 aliphatic carbocycles. The fourth-order valence-corrected chi connectivity index (χ4v) is 1.88. The van der Waals surface area contributed by atoms with Crippen molar-refractivity contribution in [2.75, 3.05) is 6.61 Å². The molecule has 0 unspecified atom stereocenters. The van der Waals surface area contributed by atoms with Gasteiger partial charge >= 0.3 is 0 Å². The molecule has 0 saturated carbocycles. The predicted molar refractivity (Wildman–Crippen MR) is 94.9 cm³/mol. The highest BCUT2D eigenvalue weighted by Crippen LogP contribution is 2.10. The summed E-state index contributed by atoms with van der Waals surface area (Å²) in [5, 5.41) is 0. The van der Waals surface area contributed by atoms with Gasteiger partial charge in [-0.15, -0.1) is 13.2 Å². The van der Waals surface area contributed by atoms with Crippen LogP contribution in [-0.4, -0.2) is 6.61 Å². The first-order chi connectivity index (χ1) is 10.3. The topological polar surface area (TPSA) is 9.23 Å². The Morgan fingerprint density at radius 3 is 1.95 bits per heavy atom. The lowest BCUT2D eigenvalue weighted by molar-refractivity contribution is 0.304. The summed E-state index contributed by atoms with van der Waals surface area (Å²) in [4.78, 5) is 0. The molecule has 0 radical (unpaired) electrons. The van der Waals surface area contributed by atoms with Crippen LogP contribution in [0.5, 0.6) is 5.75 Å². The number of benzene rings is 1. The zero-order valence-corrected chi connectivity index (χ0v) is 13.7. The fourth-order valence-electron chi connectivity index (χ4n) is 1.88. The van der Waals surface area contributed by atoms with Gasteiger partial charge in [-0.1, -0.05) is 75.8 Å². The Labute approximate surface area is 131 Å². The summed E-state index contributed by atoms with van der Waals surface area (Å²) in [6, 6.07) is 10.1. The molecule has 0 aromatic heterocycles. The summed E-state index contributed by atoms with van der Waals surface area (Å²) in [6.07, 6.45) is 13.9. The molecule has 0 bridgehead atoms. The smallest absolute Gasteiger partial charge is 0.119 e. The molecular weight excluding hydrogens is 256 g/mol. The third kappa shape index (κ3) is 14.7. The van der Waals surface area contributed by atoms with Gasteiger partial charge in [0.15, 0.2) is 0 Å². The van der Waals surface area contributed by atoms with Crippen molar-refractivity contribution in [2.45, 2.75) is 58.3 Å². The molecule has 0 fully saturated rings. The van der Waals surface area contributed by atoms with Crippen LogP contribution >= 0.6 is 0 Å². The van der Waals surface area contributed by atoms with Crippen LogP contribution in [0.2, 0.25) is 0 Å². The monoisotopic (exact) mass is 288 g/mol. The normalized spacial score (nSPS) is 9.38. The summed E-state index contributed by atoms with van der Waals surface area (Å²) in [5.41, 5.74) is 0. The fraction of sp³-hybridized carbons (Fsp3) is 0.500. The average molecular weight is 288 g/mol. The first-order valence-corrected chi connectivity index (χ1v) is 8.24. The zero-order valence-electron chi connectivity index (χ0n) is 13.7. The molecule has 21 heavy (non-hydrogen) atoms. The lowest BCUT2D eigenvalue weighted by atomic mass is 10.1. The zero-order chi connectivity index (χ0) is 15.6. The average Bonchev–Trinajstić information content (AvgIpc) is 2.52. The number of ether oxygens (including phenoxy) is 1. The maximum absolute atomic E-state index is 5.63. The molecule has 1 heteroatoms. The van der Waals surface area contributed by atoms with Crippen LogP contribution in [0.4, 0.5) is 0 Å². The van der Waals surface area contributed by atoms with Crippen molar-refractivity contribution in [3.63, 3.8) is 0 Å². The summed E-state index contributed by atoms with van der Waals surface area (Å²) in [7, 11) is 0. The SMILES string of the molecule is C=CCC=C.CCCCCCCCCOc1ccccc1. The van der Waals surface area contributed by atoms with Gasteiger partial charge in [0, 0.05) is 0 Å². The highest BCUT2D eigenvalue weighted by Gasteiger charge is 1.93. The molecule has 0 heterocycles. The number of rotatable bonds is 11. The standard InChI is InChI=1S/C15H24O.C5H8/c1-2-3-4-5-6-7-11-14-16-15-12-9-8-10-13-15;1-3-5-4-2/h8-10,12-13H,2-7,11,14H2,1H3;3-4H,1-2,5H2. The van der Waals surface area contributed by atoms with Gasteiger partial charge in [-0.25, -0.2) is 0 Å². The molecule has 1 rings (SSSR count). The molecule has 0 N–H and O–H groups in total. The lowest BCUT2D eigenvalue weighted by Crippen LogP contribution is -1.96. The summed E-state index contributed by atoms with van der Waals surface area (Å²) < 4.78 is 5.63. The second-order valence-corrected chi connectivity index (χ2v) is 5.10. The molecule has 0 amide bonds. The van der Waals surface area contributed by atoms with Crippen molar-refractivity contribution in [2.24, 2.45) is 0 Å². The minimum absolute atomic E-state index is 0.859. The first-order valence-electron chi connectivity index (χ1n) is 8.24. The van der Waals surface area contributed by atoms with E-state index in [0.717, 1.165) is 18.8 Å². The number of hydrogen-bond acceptors (Lipinski definition) is 1. The minimum Gasteiger partial charge on any atom is -0.494 e. The third-order valence-corrected chi connectivity index (χ3v) is 3.09. The van der Waals surface area contributed by atoms with Crippen molar-refractivity contribution >= 4 is 0 Å². The van der Waals surface area contributed by atoms with Crippen LogP contribution < -0.4 is 4.74 Å². The van der Waals surface area contributed by atoms with E-state index in [0.29, 0.717) is 0 Å². The van der Waals surface area contributed by atoms with E-state index < -0.39 is 0 Å². The Kier molecular flexibility index (Phi) is 15.4. The molecular formula is C20H32O. The van der Waals surface area contributed by atoms with Gasteiger partial charge in [0.2, 0.25) is 0 Å². The molecule has 0 atom stereocenters. The van der Waals surface area contributed by atoms with Gasteiger partial charge in [0.25, 0.3) is 0 Å². The molecule has 0 aliphatic rings. The van der Waals surface area contributed by atoms with Gasteiger partial charge in [0.05, 0.1) is 6.61 Å². The van der Waals surface area contributed by atoms with Crippen molar-refractivity contribution < 1.29 is 4.74 Å². The largest absolute Gasteiger partial charge is 0.494 e. The quantitative estimate of drug-likeness (QED) is 0.331. The van der Waals surface area contributed by atoms with E-state index in [-0.39, 0.29) is 0 Å². The lowest BCUT2D eigenvalue weighted by Gasteiger charge is -2.05. The maximum Gasteiger partial charge on any atom is 0.119 e. The molecule has 1 aromatic rings. The highest BCUT2D eigenvalue weighted by atomic mass is 16.5. The Balaban J connectivity index is 0.000000690. The van der Waals surface area contributed by atoms with Crippen LogP contribution in [0, 0.1) is 0 Å². The van der Waals surface area contributed by atoms with Crippen LogP contribution in [0.3, 0.4) is 0 Å². The first kappa shape index (κ1) is 19.5. The van der Waals surface area contributed by atoms with Crippen LogP contribution in [0.1, 0.15) is 58.3 Å². The molecule has 0 saturated heterocycles. The number of hydrogen-bond donors (Lipinski definition) is 0. The number of unbranched alkanes of at least 4 members (excludes halogenated alkanes) is 6. The van der Waals surface area contributed by atoms with Crippen LogP contribution in [0.15, 0.2) is 55.6 Å². The van der Waals surface area contributed by atoms with E-state index in [1.54, 1.807) is 0 Å². The van der Waals surface area contributed by atoms with Crippen molar-refractivity contribution in [3.05, 3.63) is 55.6 Å². The van der Waals surface area contributed by atoms with Crippen molar-refractivity contribution in [1.82, 2.24) is 0 Å². The van der Waals surface area contributed by atoms with Gasteiger partial charge in [-0.2, -0.15) is 0 Å². The second kappa shape index (κ2) is 16.6. The molecule has 1 nitrogen and oxygen atoms in total. The van der Waals surface area contributed by atoms with E-state index in [4.69, 9.17) is 4.74 Å². The molecule has 0 aliphatic heterocycles. The number of allylic oxidation sites excluding steroid dienone is 2. The molecule has 118 valence electrons. The Hall–Kier alpha value is -1.50. The second-order valence-electron chi connectivity index (χ2n) is 5.10. The van der Waals surface area contributed by atoms with Gasteiger partial charge < -0.3 is 4.74 Å². The minimum atomic E-state index is 0.859. The highest BCUT2D eigenvalue weighted by molar-refractivity contribution is 5.20. The van der Waals surface area contributed by atoms with Gasteiger partial charge in [0.1, 0.15) is 5.75 Å². The van der Waals surface area contributed by atoms with E-state index in [9.17, 15) is 0 Å². The van der Waals surface area contributed by atoms with E-state index in [2.05, 4.69) is 20.1 Å². The Morgan fingerprint density at radius 2 is 1.43 bits per heavy atom. The van der Waals surface area contributed by atoms with E-state index in [1.165, 1.54) is 44.9 Å². The van der Waals surface area contributed by atoms with E-state index >= 15 is 0 Å². The molecule has 1 aromatic carbocycles. The summed E-state index contributed by atoms with van der Waals surface area (Å²) in [6.45, 7) is 10.1. The van der Waals surface area contributed by atoms with Crippen molar-refractivity contribution in [1.29, 1.82) is 0 Å². The maximum atomic E-state index is 5.63. The van der Waals surface area contributed by atoms with Crippen LogP contribution in [0.25, 0.3) is 0 Å². The summed E-state index contributed by atoms with van der Waals surface area (Å²) in [5.74, 6) is 0.994. The van der Waals surface area contributed by atoms with E-state index in [1.807, 2.05) is 42.5 Å². The van der Waals surface area contributed by atoms with Crippen LogP contribution in [-0.2, 0) is 0 Å². The van der Waals surface area contributed by atoms with Gasteiger partial charge in [-0.3, -0.25) is 0 Å². The number of para-hydroxylation sites is 1. The Morgan fingerprint density at radius 1 is 0.857 bits per heavy atom. The molecule has 0 spiro atoms. The van der Waals surface area contributed by atoms with Gasteiger partial charge in [-0.05, 0) is 25.0 Å².